The van der Waals surface area contributed by atoms with E-state index in [0.717, 1.165) is 6.42 Å². The number of nitrogens with zero attached hydrogens (tertiary/aromatic N) is 2. The minimum atomic E-state index is -1.11. The second-order valence-corrected chi connectivity index (χ2v) is 3.33. The lowest BCUT2D eigenvalue weighted by atomic mass is 10.2. The summed E-state index contributed by atoms with van der Waals surface area (Å²) >= 11 is 0. The lowest BCUT2D eigenvalue weighted by Crippen LogP contribution is -2.26. The molecule has 1 fully saturated rings. The molecule has 2 rings (SSSR count). The molecular weight excluding hydrogens is 196 g/mol. The number of carboxylic acid groups (broad SMARTS) is 1. The number of pyridine rings is 1. The Hall–Kier alpha value is -1.91. The van der Waals surface area contributed by atoms with Gasteiger partial charge in [-0.15, -0.1) is 0 Å². The Kier molecular flexibility index (Phi) is 2.37. The van der Waals surface area contributed by atoms with Crippen LogP contribution in [0, 0.1) is 0 Å². The molecule has 1 aliphatic rings. The zero-order valence-electron chi connectivity index (χ0n) is 8.01. The number of hydrogen-bond donors (Lipinski definition) is 1. The molecule has 2 heterocycles. The summed E-state index contributed by atoms with van der Waals surface area (Å²) in [6.45, 7) is 0.574. The summed E-state index contributed by atoms with van der Waals surface area (Å²) in [6, 6.07) is 3.24. The molecule has 1 amide bonds. The average molecular weight is 206 g/mol. The second kappa shape index (κ2) is 3.68. The standard InChI is InChI=1S/C10H10N2O3/c13-8-4-2-6-12(8)7-3-1-5-11-9(7)10(14)15/h1,3,5H,2,4,6H2,(H,14,15). The van der Waals surface area contributed by atoms with Gasteiger partial charge in [-0.1, -0.05) is 0 Å². The Morgan fingerprint density at radius 1 is 1.53 bits per heavy atom. The van der Waals surface area contributed by atoms with Crippen LogP contribution in [-0.4, -0.2) is 28.5 Å². The van der Waals surface area contributed by atoms with Gasteiger partial charge in [0.2, 0.25) is 5.91 Å². The highest BCUT2D eigenvalue weighted by atomic mass is 16.4. The molecule has 78 valence electrons. The molecule has 1 aliphatic heterocycles. The van der Waals surface area contributed by atoms with E-state index < -0.39 is 5.97 Å². The number of aromatic carboxylic acids is 1. The molecule has 0 aliphatic carbocycles. The summed E-state index contributed by atoms with van der Waals surface area (Å²) in [5.41, 5.74) is 0.334. The first-order valence-electron chi connectivity index (χ1n) is 4.69. The van der Waals surface area contributed by atoms with Crippen molar-refractivity contribution in [2.75, 3.05) is 11.4 Å². The van der Waals surface area contributed by atoms with Crippen LogP contribution in [0.25, 0.3) is 0 Å². The average Bonchev–Trinajstić information content (AvgIpc) is 2.64. The number of hydrogen-bond acceptors (Lipinski definition) is 3. The number of amides is 1. The van der Waals surface area contributed by atoms with Crippen molar-refractivity contribution in [3.05, 3.63) is 24.0 Å². The first-order chi connectivity index (χ1) is 7.20. The van der Waals surface area contributed by atoms with Gasteiger partial charge in [-0.25, -0.2) is 9.78 Å². The number of aromatic nitrogens is 1. The first-order valence-corrected chi connectivity index (χ1v) is 4.69. The van der Waals surface area contributed by atoms with Crippen molar-refractivity contribution in [1.29, 1.82) is 0 Å². The minimum Gasteiger partial charge on any atom is -0.476 e. The van der Waals surface area contributed by atoms with Crippen LogP contribution >= 0.6 is 0 Å². The van der Waals surface area contributed by atoms with Crippen molar-refractivity contribution < 1.29 is 14.7 Å². The first kappa shape index (κ1) is 9.64. The summed E-state index contributed by atoms with van der Waals surface area (Å²) < 4.78 is 0. The van der Waals surface area contributed by atoms with Crippen molar-refractivity contribution in [3.8, 4) is 0 Å². The molecule has 1 aromatic rings. The maximum atomic E-state index is 11.5. The van der Waals surface area contributed by atoms with Crippen LogP contribution in [0.4, 0.5) is 5.69 Å². The summed E-state index contributed by atoms with van der Waals surface area (Å²) in [4.78, 5) is 27.6. The normalized spacial score (nSPS) is 15.7. The molecular formula is C10H10N2O3. The van der Waals surface area contributed by atoms with E-state index in [1.54, 1.807) is 12.1 Å². The lowest BCUT2D eigenvalue weighted by molar-refractivity contribution is -0.117. The van der Waals surface area contributed by atoms with Crippen LogP contribution in [0.1, 0.15) is 23.3 Å². The summed E-state index contributed by atoms with van der Waals surface area (Å²) in [5.74, 6) is -1.14. The van der Waals surface area contributed by atoms with E-state index in [9.17, 15) is 9.59 Å². The van der Waals surface area contributed by atoms with E-state index in [2.05, 4.69) is 4.98 Å². The molecule has 0 saturated carbocycles. The highest BCUT2D eigenvalue weighted by Crippen LogP contribution is 2.23. The van der Waals surface area contributed by atoms with E-state index in [4.69, 9.17) is 5.11 Å². The Morgan fingerprint density at radius 2 is 2.33 bits per heavy atom. The fourth-order valence-corrected chi connectivity index (χ4v) is 1.68. The van der Waals surface area contributed by atoms with Gasteiger partial charge in [0.15, 0.2) is 5.69 Å². The van der Waals surface area contributed by atoms with E-state index in [0.29, 0.717) is 18.7 Å². The SMILES string of the molecule is O=C(O)c1ncccc1N1CCCC1=O. The van der Waals surface area contributed by atoms with Gasteiger partial charge in [-0.2, -0.15) is 0 Å². The maximum absolute atomic E-state index is 11.5. The van der Waals surface area contributed by atoms with Crippen LogP contribution in [0.3, 0.4) is 0 Å². The Morgan fingerprint density at radius 3 is 2.93 bits per heavy atom. The van der Waals surface area contributed by atoms with Gasteiger partial charge < -0.3 is 10.0 Å². The van der Waals surface area contributed by atoms with E-state index >= 15 is 0 Å². The van der Waals surface area contributed by atoms with Crippen LogP contribution < -0.4 is 4.90 Å². The smallest absolute Gasteiger partial charge is 0.356 e. The fraction of sp³-hybridized carbons (Fsp3) is 0.300. The van der Waals surface area contributed by atoms with E-state index in [-0.39, 0.29) is 11.6 Å². The third-order valence-corrected chi connectivity index (χ3v) is 2.35. The lowest BCUT2D eigenvalue weighted by Gasteiger charge is -2.16. The van der Waals surface area contributed by atoms with Crippen molar-refractivity contribution in [2.24, 2.45) is 0 Å². The van der Waals surface area contributed by atoms with Crippen molar-refractivity contribution >= 4 is 17.6 Å². The second-order valence-electron chi connectivity index (χ2n) is 3.33. The summed E-state index contributed by atoms with van der Waals surface area (Å²) in [7, 11) is 0. The molecule has 0 atom stereocenters. The van der Waals surface area contributed by atoms with Gasteiger partial charge in [0.25, 0.3) is 0 Å². The molecule has 5 heteroatoms. The van der Waals surface area contributed by atoms with Crippen molar-refractivity contribution in [1.82, 2.24) is 4.98 Å². The van der Waals surface area contributed by atoms with Crippen LogP contribution in [0.5, 0.6) is 0 Å². The number of rotatable bonds is 2. The third-order valence-electron chi connectivity index (χ3n) is 2.35. The van der Waals surface area contributed by atoms with Gasteiger partial charge in [-0.3, -0.25) is 4.79 Å². The number of carboxylic acids is 1. The highest BCUT2D eigenvalue weighted by molar-refractivity contribution is 6.01. The fourth-order valence-electron chi connectivity index (χ4n) is 1.68. The zero-order valence-corrected chi connectivity index (χ0v) is 8.01. The van der Waals surface area contributed by atoms with Crippen LogP contribution in [-0.2, 0) is 4.79 Å². The van der Waals surface area contributed by atoms with Gasteiger partial charge >= 0.3 is 5.97 Å². The molecule has 5 nitrogen and oxygen atoms in total. The summed E-state index contributed by atoms with van der Waals surface area (Å²) in [6.07, 6.45) is 2.66. The highest BCUT2D eigenvalue weighted by Gasteiger charge is 2.26. The largest absolute Gasteiger partial charge is 0.476 e. The number of anilines is 1. The van der Waals surface area contributed by atoms with Gasteiger partial charge in [0.1, 0.15) is 0 Å². The molecule has 15 heavy (non-hydrogen) atoms. The maximum Gasteiger partial charge on any atom is 0.356 e. The van der Waals surface area contributed by atoms with Gasteiger partial charge in [0.05, 0.1) is 5.69 Å². The predicted octanol–water partition coefficient (Wildman–Crippen LogP) is 0.907. The molecule has 0 bridgehead atoms. The van der Waals surface area contributed by atoms with Gasteiger partial charge in [0, 0.05) is 19.2 Å². The molecule has 1 N–H and O–H groups in total. The molecule has 1 aromatic heterocycles. The molecule has 0 aromatic carbocycles. The van der Waals surface area contributed by atoms with E-state index in [1.807, 2.05) is 0 Å². The molecule has 0 unspecified atom stereocenters. The van der Waals surface area contributed by atoms with Crippen molar-refractivity contribution in [3.63, 3.8) is 0 Å². The number of carbonyl (C=O) groups excluding carboxylic acids is 1. The van der Waals surface area contributed by atoms with Gasteiger partial charge in [-0.05, 0) is 18.6 Å². The zero-order chi connectivity index (χ0) is 10.8. The monoisotopic (exact) mass is 206 g/mol. The predicted molar refractivity (Wildman–Crippen MR) is 52.8 cm³/mol. The molecule has 1 saturated heterocycles. The molecule has 0 radical (unpaired) electrons. The quantitative estimate of drug-likeness (QED) is 0.780. The molecule has 0 spiro atoms. The number of carbonyl (C=O) groups is 2. The minimum absolute atomic E-state index is 0.0366. The third kappa shape index (κ3) is 1.68. The van der Waals surface area contributed by atoms with Crippen molar-refractivity contribution in [2.45, 2.75) is 12.8 Å². The Balaban J connectivity index is 2.42. The summed E-state index contributed by atoms with van der Waals surface area (Å²) in [5, 5.41) is 8.91. The topological polar surface area (TPSA) is 70.5 Å². The Labute approximate surface area is 86.3 Å². The van der Waals surface area contributed by atoms with Crippen LogP contribution in [0.15, 0.2) is 18.3 Å². The van der Waals surface area contributed by atoms with Crippen LogP contribution in [0.2, 0.25) is 0 Å². The Bertz CT molecular complexity index is 417. The van der Waals surface area contributed by atoms with E-state index in [1.165, 1.54) is 11.1 Å².